The van der Waals surface area contributed by atoms with Crippen LogP contribution >= 0.6 is 0 Å². The van der Waals surface area contributed by atoms with Crippen LogP contribution < -0.4 is 0 Å². The smallest absolute Gasteiger partial charge is 0.0816 e. The Labute approximate surface area is 330 Å². The number of hydrogen-bond acceptors (Lipinski definition) is 2. The fraction of sp³-hybridized carbons (Fsp3) is 0.686. The van der Waals surface area contributed by atoms with Crippen LogP contribution in [0.2, 0.25) is 0 Å². The van der Waals surface area contributed by atoms with Crippen molar-refractivity contribution in [3.63, 3.8) is 0 Å². The molecule has 53 heavy (non-hydrogen) atoms. The van der Waals surface area contributed by atoms with E-state index >= 15 is 0 Å². The van der Waals surface area contributed by atoms with Crippen LogP contribution in [-0.4, -0.2) is 11.9 Å². The second kappa shape index (κ2) is 32.9. The fourth-order valence-electron chi connectivity index (χ4n) is 7.45. The van der Waals surface area contributed by atoms with Gasteiger partial charge in [-0.25, -0.2) is 4.99 Å². The van der Waals surface area contributed by atoms with Crippen LogP contribution in [0, 0.1) is 0 Å². The summed E-state index contributed by atoms with van der Waals surface area (Å²) in [6.45, 7) is 11.2. The molecule has 0 amide bonds. The summed E-state index contributed by atoms with van der Waals surface area (Å²) in [7, 11) is 0. The number of hydrogen-bond donors (Lipinski definition) is 0. The lowest BCUT2D eigenvalue weighted by Crippen LogP contribution is -1.96. The van der Waals surface area contributed by atoms with E-state index in [2.05, 4.69) is 83.2 Å². The molecule has 0 radical (unpaired) electrons. The highest BCUT2D eigenvalue weighted by Gasteiger charge is 2.02. The molecule has 0 atom stereocenters. The van der Waals surface area contributed by atoms with Gasteiger partial charge in [0.25, 0.3) is 0 Å². The van der Waals surface area contributed by atoms with Gasteiger partial charge in [0.1, 0.15) is 0 Å². The summed E-state index contributed by atoms with van der Waals surface area (Å²) in [4.78, 5) is 10.0. The molecule has 0 saturated carbocycles. The summed E-state index contributed by atoms with van der Waals surface area (Å²) in [6, 6.07) is 13.5. The van der Waals surface area contributed by atoms with Crippen molar-refractivity contribution in [2.24, 2.45) is 9.98 Å². The average Bonchev–Trinajstić information content (AvgIpc) is 3.19. The van der Waals surface area contributed by atoms with E-state index in [1.54, 1.807) is 0 Å². The topological polar surface area (TPSA) is 24.7 Å². The highest BCUT2D eigenvalue weighted by molar-refractivity contribution is 6.36. The Balaban J connectivity index is 1.56. The first-order valence-corrected chi connectivity index (χ1v) is 23.2. The molecule has 0 unspecified atom stereocenters. The largest absolute Gasteiger partial charge is 0.255 e. The third-order valence-corrected chi connectivity index (χ3v) is 11.1. The van der Waals surface area contributed by atoms with E-state index in [1.165, 1.54) is 183 Å². The number of benzene rings is 2. The Morgan fingerprint density at radius 3 is 1.06 bits per heavy atom. The fourth-order valence-corrected chi connectivity index (χ4v) is 7.45. The third-order valence-electron chi connectivity index (χ3n) is 11.1. The minimum atomic E-state index is 0.930. The molecule has 0 aliphatic carbocycles. The predicted molar refractivity (Wildman–Crippen MR) is 240 cm³/mol. The van der Waals surface area contributed by atoms with Crippen LogP contribution in [0.1, 0.15) is 224 Å². The van der Waals surface area contributed by atoms with Crippen LogP contribution in [0.4, 0.5) is 11.4 Å². The Kier molecular flexibility index (Phi) is 29.0. The van der Waals surface area contributed by atoms with Crippen molar-refractivity contribution < 1.29 is 0 Å². The zero-order chi connectivity index (χ0) is 38.0. The summed E-state index contributed by atoms with van der Waals surface area (Å²) < 4.78 is 0. The molecule has 0 aliphatic heterocycles. The molecule has 0 heterocycles. The number of rotatable bonds is 34. The molecule has 0 aliphatic rings. The number of nitrogens with zero attached hydrogens (tertiary/aromatic N) is 2. The lowest BCUT2D eigenvalue weighted by molar-refractivity contribution is 0.516. The summed E-state index contributed by atoms with van der Waals surface area (Å²) in [5, 5.41) is 0. The van der Waals surface area contributed by atoms with Crippen LogP contribution in [0.5, 0.6) is 0 Å². The lowest BCUT2D eigenvalue weighted by atomic mass is 10.0. The van der Waals surface area contributed by atoms with Gasteiger partial charge in [0.15, 0.2) is 0 Å². The molecule has 0 aromatic heterocycles. The van der Waals surface area contributed by atoms with E-state index in [0.717, 1.165) is 49.2 Å². The van der Waals surface area contributed by atoms with Crippen molar-refractivity contribution in [3.8, 4) is 0 Å². The highest BCUT2D eigenvalue weighted by Crippen LogP contribution is 2.22. The second-order valence-corrected chi connectivity index (χ2v) is 15.9. The molecule has 0 N–H and O–H groups in total. The van der Waals surface area contributed by atoms with E-state index < -0.39 is 0 Å². The van der Waals surface area contributed by atoms with Crippen molar-refractivity contribution in [3.05, 3.63) is 70.8 Å². The molecule has 2 nitrogen and oxygen atoms in total. The summed E-state index contributed by atoms with van der Waals surface area (Å²) in [5.74, 6) is 0. The summed E-state index contributed by atoms with van der Waals surface area (Å²) >= 11 is 0. The first kappa shape index (κ1) is 46.7. The number of unbranched alkanes of at least 4 members (excludes halogenated alkanes) is 25. The Hall–Kier alpha value is -2.48. The van der Waals surface area contributed by atoms with Gasteiger partial charge in [-0.3, -0.25) is 4.99 Å². The standard InChI is InChI=1S/C51H84N2/c1-6-11-12-13-14-15-16-17-18-19-20-21-22-23-24-25-26-27-28-29-30-31-32-33-34-35-36-37-49(53-51-42-47(9-4)39-48(10-5)43-51)44-52-50-40-45(7-2)38-46(8-3)41-50/h36-44H,6-35H2,1-5H3. The van der Waals surface area contributed by atoms with Crippen molar-refractivity contribution in [2.45, 2.75) is 227 Å². The van der Waals surface area contributed by atoms with Gasteiger partial charge in [0.05, 0.1) is 23.3 Å². The Morgan fingerprint density at radius 1 is 0.396 bits per heavy atom. The van der Waals surface area contributed by atoms with E-state index in [1.807, 2.05) is 6.21 Å². The molecule has 0 bridgehead atoms. The maximum absolute atomic E-state index is 5.09. The van der Waals surface area contributed by atoms with Gasteiger partial charge in [-0.2, -0.15) is 0 Å². The third kappa shape index (κ3) is 24.5. The van der Waals surface area contributed by atoms with Gasteiger partial charge in [-0.05, 0) is 91.1 Å². The van der Waals surface area contributed by atoms with Crippen LogP contribution in [0.15, 0.2) is 58.5 Å². The first-order valence-electron chi connectivity index (χ1n) is 23.2. The zero-order valence-electron chi connectivity index (χ0n) is 35.8. The average molecular weight is 725 g/mol. The molecule has 298 valence electrons. The van der Waals surface area contributed by atoms with Gasteiger partial charge in [0, 0.05) is 0 Å². The molecular weight excluding hydrogens is 641 g/mol. The van der Waals surface area contributed by atoms with Gasteiger partial charge >= 0.3 is 0 Å². The SMILES string of the molecule is CCCCCCCCCCCCCCCCCCCCCCCCCCCC=CC(C=Nc1cc(CC)cc(CC)c1)=Nc1cc(CC)cc(CC)c1. The lowest BCUT2D eigenvalue weighted by Gasteiger charge is -2.06. The molecule has 2 heteroatoms. The van der Waals surface area contributed by atoms with Crippen molar-refractivity contribution in [1.29, 1.82) is 0 Å². The van der Waals surface area contributed by atoms with Crippen molar-refractivity contribution in [1.82, 2.24) is 0 Å². The summed E-state index contributed by atoms with van der Waals surface area (Å²) in [6.07, 6.45) is 47.6. The molecule has 2 rings (SSSR count). The van der Waals surface area contributed by atoms with E-state index in [9.17, 15) is 0 Å². The highest BCUT2D eigenvalue weighted by atomic mass is 14.8. The number of allylic oxidation sites excluding steroid dienone is 2. The van der Waals surface area contributed by atoms with Crippen LogP contribution in [-0.2, 0) is 25.7 Å². The van der Waals surface area contributed by atoms with E-state index in [-0.39, 0.29) is 0 Å². The van der Waals surface area contributed by atoms with Crippen LogP contribution in [0.25, 0.3) is 0 Å². The maximum atomic E-state index is 5.09. The van der Waals surface area contributed by atoms with Crippen LogP contribution in [0.3, 0.4) is 0 Å². The maximum Gasteiger partial charge on any atom is 0.0816 e. The Bertz CT molecular complexity index is 1210. The molecule has 0 fully saturated rings. The van der Waals surface area contributed by atoms with E-state index in [4.69, 9.17) is 9.98 Å². The number of aliphatic imine (C=N–C) groups is 2. The quantitative estimate of drug-likeness (QED) is 0.0507. The van der Waals surface area contributed by atoms with Gasteiger partial charge in [-0.15, -0.1) is 0 Å². The molecular formula is C51H84N2. The molecule has 0 saturated heterocycles. The zero-order valence-corrected chi connectivity index (χ0v) is 35.8. The second-order valence-electron chi connectivity index (χ2n) is 15.9. The van der Waals surface area contributed by atoms with Crippen molar-refractivity contribution >= 4 is 23.3 Å². The first-order chi connectivity index (χ1) is 26.1. The van der Waals surface area contributed by atoms with Gasteiger partial charge < -0.3 is 0 Å². The molecule has 2 aromatic carbocycles. The van der Waals surface area contributed by atoms with Gasteiger partial charge in [0.2, 0.25) is 0 Å². The Morgan fingerprint density at radius 2 is 0.717 bits per heavy atom. The number of aryl methyl sites for hydroxylation is 4. The molecule has 0 spiro atoms. The molecule has 2 aromatic rings. The monoisotopic (exact) mass is 725 g/mol. The normalized spacial score (nSPS) is 12.2. The van der Waals surface area contributed by atoms with E-state index in [0.29, 0.717) is 0 Å². The predicted octanol–water partition coefficient (Wildman–Crippen LogP) is 17.1. The minimum Gasteiger partial charge on any atom is -0.255 e. The van der Waals surface area contributed by atoms with Gasteiger partial charge in [-0.1, -0.05) is 207 Å². The summed E-state index contributed by atoms with van der Waals surface area (Å²) in [5.41, 5.74) is 8.38. The minimum absolute atomic E-state index is 0.930. The van der Waals surface area contributed by atoms with Crippen molar-refractivity contribution in [2.75, 3.05) is 0 Å².